The molecule has 0 saturated heterocycles. The van der Waals surface area contributed by atoms with Crippen LogP contribution in [0.3, 0.4) is 0 Å². The maximum Gasteiger partial charge on any atom is 0.171 e. The van der Waals surface area contributed by atoms with Gasteiger partial charge in [0.25, 0.3) is 0 Å². The van der Waals surface area contributed by atoms with Gasteiger partial charge < -0.3 is 0 Å². The Morgan fingerprint density at radius 3 is 1.38 bits per heavy atom. The molecular formula is C31H58N+. The minimum absolute atomic E-state index is 1.19. The molecule has 0 aromatic carbocycles. The van der Waals surface area contributed by atoms with Gasteiger partial charge >= 0.3 is 0 Å². The van der Waals surface area contributed by atoms with Crippen LogP contribution in [0.15, 0.2) is 24.5 Å². The zero-order valence-corrected chi connectivity index (χ0v) is 22.2. The first-order valence-corrected chi connectivity index (χ1v) is 14.8. The molecule has 0 atom stereocenters. The second kappa shape index (κ2) is 23.3. The van der Waals surface area contributed by atoms with E-state index < -0.39 is 0 Å². The number of hydrogen-bond acceptors (Lipinski definition) is 0. The Morgan fingerprint density at radius 1 is 0.500 bits per heavy atom. The fourth-order valence-electron chi connectivity index (χ4n) is 4.82. The average molecular weight is 445 g/mol. The van der Waals surface area contributed by atoms with Crippen LogP contribution in [0.25, 0.3) is 0 Å². The summed E-state index contributed by atoms with van der Waals surface area (Å²) in [5.74, 6) is 0. The highest BCUT2D eigenvalue weighted by Gasteiger charge is 2.03. The van der Waals surface area contributed by atoms with Crippen molar-refractivity contribution in [2.75, 3.05) is 0 Å². The number of unbranched alkanes of at least 4 members (excludes halogenated alkanes) is 20. The molecular weight excluding hydrogens is 386 g/mol. The molecule has 0 amide bonds. The standard InChI is InChI=1S/C31H58N/c1-3-5-7-9-11-12-13-14-15-16-17-18-19-20-21-23-26-31-27-25-29-32(30-31)28-24-22-10-8-6-4-2/h25,27,29-30H,3-24,26,28H2,1-2H3/q+1. The largest absolute Gasteiger partial charge is 0.205 e. The number of pyridine rings is 1. The van der Waals surface area contributed by atoms with E-state index >= 15 is 0 Å². The summed E-state index contributed by atoms with van der Waals surface area (Å²) in [7, 11) is 0. The van der Waals surface area contributed by atoms with E-state index in [9.17, 15) is 0 Å². The van der Waals surface area contributed by atoms with Gasteiger partial charge in [-0.3, -0.25) is 0 Å². The molecule has 0 unspecified atom stereocenters. The van der Waals surface area contributed by atoms with Crippen LogP contribution >= 0.6 is 0 Å². The normalized spacial score (nSPS) is 11.3. The van der Waals surface area contributed by atoms with Gasteiger partial charge in [0.05, 0.1) is 0 Å². The summed E-state index contributed by atoms with van der Waals surface area (Å²) in [5, 5.41) is 0. The molecule has 0 fully saturated rings. The molecule has 1 heteroatoms. The Kier molecular flexibility index (Phi) is 21.3. The van der Waals surface area contributed by atoms with Crippen LogP contribution in [0.5, 0.6) is 0 Å². The Balaban J connectivity index is 1.88. The van der Waals surface area contributed by atoms with E-state index in [0.717, 1.165) is 0 Å². The van der Waals surface area contributed by atoms with Gasteiger partial charge in [0, 0.05) is 18.1 Å². The molecule has 0 radical (unpaired) electrons. The fourth-order valence-corrected chi connectivity index (χ4v) is 4.82. The molecule has 32 heavy (non-hydrogen) atoms. The number of aromatic nitrogens is 1. The maximum atomic E-state index is 2.42. The van der Waals surface area contributed by atoms with E-state index in [1.807, 2.05) is 0 Å². The fraction of sp³-hybridized carbons (Fsp3) is 0.839. The van der Waals surface area contributed by atoms with E-state index in [1.165, 1.54) is 160 Å². The van der Waals surface area contributed by atoms with Gasteiger partial charge in [0.1, 0.15) is 6.54 Å². The molecule has 0 aliphatic rings. The second-order valence-electron chi connectivity index (χ2n) is 10.3. The lowest BCUT2D eigenvalue weighted by atomic mass is 10.0. The van der Waals surface area contributed by atoms with Crippen LogP contribution in [0.4, 0.5) is 0 Å². The number of nitrogens with zero attached hydrogens (tertiary/aromatic N) is 1. The van der Waals surface area contributed by atoms with Gasteiger partial charge in [0.2, 0.25) is 0 Å². The van der Waals surface area contributed by atoms with E-state index in [2.05, 4.69) is 42.9 Å². The van der Waals surface area contributed by atoms with Crippen molar-refractivity contribution in [2.45, 2.75) is 168 Å². The van der Waals surface area contributed by atoms with E-state index in [1.54, 1.807) is 0 Å². The Bertz CT molecular complexity index is 495. The Morgan fingerprint density at radius 2 is 0.906 bits per heavy atom. The van der Waals surface area contributed by atoms with E-state index in [4.69, 9.17) is 0 Å². The smallest absolute Gasteiger partial charge is 0.171 e. The van der Waals surface area contributed by atoms with Gasteiger partial charge in [-0.25, -0.2) is 4.57 Å². The van der Waals surface area contributed by atoms with Crippen LogP contribution in [0.2, 0.25) is 0 Å². The third-order valence-corrected chi connectivity index (χ3v) is 7.01. The summed E-state index contributed by atoms with van der Waals surface area (Å²) < 4.78 is 2.42. The van der Waals surface area contributed by atoms with E-state index in [-0.39, 0.29) is 0 Å². The molecule has 0 N–H and O–H groups in total. The van der Waals surface area contributed by atoms with Gasteiger partial charge in [-0.15, -0.1) is 0 Å². The lowest BCUT2D eigenvalue weighted by molar-refractivity contribution is -0.697. The van der Waals surface area contributed by atoms with Gasteiger partial charge in [0.15, 0.2) is 12.4 Å². The zero-order valence-electron chi connectivity index (χ0n) is 22.2. The summed E-state index contributed by atoms with van der Waals surface area (Å²) in [4.78, 5) is 0. The quantitative estimate of drug-likeness (QED) is 0.110. The van der Waals surface area contributed by atoms with Crippen molar-refractivity contribution in [2.24, 2.45) is 0 Å². The molecule has 186 valence electrons. The SMILES string of the molecule is CCCCCCCCCCCCCCCCCCc1ccc[n+](CCCCCCCC)c1. The van der Waals surface area contributed by atoms with Crippen LogP contribution < -0.4 is 4.57 Å². The first kappa shape index (κ1) is 29.2. The van der Waals surface area contributed by atoms with Gasteiger partial charge in [-0.1, -0.05) is 136 Å². The third-order valence-electron chi connectivity index (χ3n) is 7.01. The van der Waals surface area contributed by atoms with Gasteiger partial charge in [-0.2, -0.15) is 0 Å². The molecule has 1 aromatic rings. The highest BCUT2D eigenvalue weighted by molar-refractivity contribution is 5.05. The molecule has 1 aromatic heterocycles. The van der Waals surface area contributed by atoms with Crippen LogP contribution in [0.1, 0.15) is 161 Å². The average Bonchev–Trinajstić information content (AvgIpc) is 2.81. The molecule has 1 heterocycles. The van der Waals surface area contributed by atoms with Crippen molar-refractivity contribution in [3.63, 3.8) is 0 Å². The lowest BCUT2D eigenvalue weighted by Gasteiger charge is -2.04. The first-order chi connectivity index (χ1) is 15.9. The molecule has 0 bridgehead atoms. The van der Waals surface area contributed by atoms with Crippen LogP contribution in [-0.2, 0) is 13.0 Å². The van der Waals surface area contributed by atoms with Crippen molar-refractivity contribution in [3.8, 4) is 0 Å². The molecule has 1 rings (SSSR count). The Hall–Kier alpha value is -0.850. The lowest BCUT2D eigenvalue weighted by Crippen LogP contribution is -2.33. The van der Waals surface area contributed by atoms with Crippen LogP contribution in [-0.4, -0.2) is 0 Å². The van der Waals surface area contributed by atoms with Crippen LogP contribution in [0, 0.1) is 0 Å². The van der Waals surface area contributed by atoms with Crippen molar-refractivity contribution in [1.82, 2.24) is 0 Å². The van der Waals surface area contributed by atoms with Gasteiger partial charge in [-0.05, 0) is 25.3 Å². The third kappa shape index (κ3) is 18.7. The Labute approximate surface area is 202 Å². The first-order valence-electron chi connectivity index (χ1n) is 14.8. The molecule has 0 saturated carbocycles. The molecule has 0 aliphatic carbocycles. The monoisotopic (exact) mass is 444 g/mol. The predicted molar refractivity (Wildman–Crippen MR) is 143 cm³/mol. The summed E-state index contributed by atoms with van der Waals surface area (Å²) in [6.45, 7) is 5.79. The second-order valence-corrected chi connectivity index (χ2v) is 10.3. The number of rotatable bonds is 24. The topological polar surface area (TPSA) is 3.88 Å². The van der Waals surface area contributed by atoms with E-state index in [0.29, 0.717) is 0 Å². The maximum absolute atomic E-state index is 2.42. The summed E-state index contributed by atoms with van der Waals surface area (Å²) in [5.41, 5.74) is 1.53. The van der Waals surface area contributed by atoms with Crippen molar-refractivity contribution < 1.29 is 4.57 Å². The number of hydrogen-bond donors (Lipinski definition) is 0. The summed E-state index contributed by atoms with van der Waals surface area (Å²) in [6, 6.07) is 4.57. The minimum atomic E-state index is 1.19. The summed E-state index contributed by atoms with van der Waals surface area (Å²) in [6.07, 6.45) is 37.4. The minimum Gasteiger partial charge on any atom is -0.205 e. The molecule has 0 spiro atoms. The molecule has 0 aliphatic heterocycles. The highest BCUT2D eigenvalue weighted by Crippen LogP contribution is 2.14. The van der Waals surface area contributed by atoms with Crippen molar-refractivity contribution >= 4 is 0 Å². The zero-order chi connectivity index (χ0) is 23.0. The van der Waals surface area contributed by atoms with Crippen molar-refractivity contribution in [3.05, 3.63) is 30.1 Å². The highest BCUT2D eigenvalue weighted by atomic mass is 14.9. The molecule has 1 nitrogen and oxygen atoms in total. The summed E-state index contributed by atoms with van der Waals surface area (Å²) >= 11 is 0. The number of aryl methyl sites for hydroxylation is 2. The van der Waals surface area contributed by atoms with Crippen molar-refractivity contribution in [1.29, 1.82) is 0 Å². The predicted octanol–water partition coefficient (Wildman–Crippen LogP) is 10.1.